The number of nitrogens with zero attached hydrogens (tertiary/aromatic N) is 3. The molecule has 0 aliphatic rings. The van der Waals surface area contributed by atoms with Crippen molar-refractivity contribution < 1.29 is 4.74 Å². The van der Waals surface area contributed by atoms with E-state index in [2.05, 4.69) is 29.4 Å². The van der Waals surface area contributed by atoms with Crippen molar-refractivity contribution in [1.29, 1.82) is 0 Å². The van der Waals surface area contributed by atoms with Crippen LogP contribution in [0.1, 0.15) is 19.7 Å². The number of hydrogen-bond donors (Lipinski definition) is 1. The fourth-order valence-electron chi connectivity index (χ4n) is 1.32. The van der Waals surface area contributed by atoms with Gasteiger partial charge in [-0.25, -0.2) is 0 Å². The van der Waals surface area contributed by atoms with E-state index in [-0.39, 0.29) is 0 Å². The second-order valence-electron chi connectivity index (χ2n) is 4.33. The van der Waals surface area contributed by atoms with E-state index in [1.807, 2.05) is 11.6 Å². The van der Waals surface area contributed by atoms with Gasteiger partial charge in [-0.2, -0.15) is 0 Å². The highest BCUT2D eigenvalue weighted by Gasteiger charge is 1.99. The Kier molecular flexibility index (Phi) is 6.03. The van der Waals surface area contributed by atoms with Gasteiger partial charge in [0.2, 0.25) is 0 Å². The van der Waals surface area contributed by atoms with Gasteiger partial charge in [0.05, 0.1) is 6.61 Å². The van der Waals surface area contributed by atoms with Crippen molar-refractivity contribution in [3.63, 3.8) is 0 Å². The molecule has 5 heteroatoms. The lowest BCUT2D eigenvalue weighted by molar-refractivity contribution is 0.112. The van der Waals surface area contributed by atoms with Gasteiger partial charge in [-0.15, -0.1) is 10.2 Å². The summed E-state index contributed by atoms with van der Waals surface area (Å²) in [5, 5.41) is 11.2. The Bertz CT molecular complexity index is 285. The molecule has 92 valence electrons. The third-order valence-corrected chi connectivity index (χ3v) is 2.20. The molecule has 5 nitrogen and oxygen atoms in total. The van der Waals surface area contributed by atoms with E-state index in [4.69, 9.17) is 4.74 Å². The van der Waals surface area contributed by atoms with Crippen molar-refractivity contribution in [3.8, 4) is 0 Å². The lowest BCUT2D eigenvalue weighted by atomic mass is 10.2. The maximum Gasteiger partial charge on any atom is 0.133 e. The molecule has 1 heterocycles. The molecular formula is C11H22N4O. The number of rotatable bonds is 8. The van der Waals surface area contributed by atoms with Gasteiger partial charge < -0.3 is 14.6 Å². The first-order valence-electron chi connectivity index (χ1n) is 5.81. The van der Waals surface area contributed by atoms with E-state index < -0.39 is 0 Å². The molecule has 0 aliphatic heterocycles. The zero-order chi connectivity index (χ0) is 11.8. The normalized spacial score (nSPS) is 11.2. The Morgan fingerprint density at radius 3 is 2.88 bits per heavy atom. The van der Waals surface area contributed by atoms with E-state index in [0.29, 0.717) is 5.92 Å². The SMILES string of the molecule is CC(C)COCCNCCc1nncn1C. The van der Waals surface area contributed by atoms with Crippen LogP contribution in [-0.2, 0) is 18.2 Å². The molecule has 0 fully saturated rings. The molecule has 0 aliphatic carbocycles. The van der Waals surface area contributed by atoms with Crippen molar-refractivity contribution in [2.24, 2.45) is 13.0 Å². The first-order chi connectivity index (χ1) is 7.70. The molecule has 0 amide bonds. The summed E-state index contributed by atoms with van der Waals surface area (Å²) < 4.78 is 7.40. The van der Waals surface area contributed by atoms with E-state index in [1.54, 1.807) is 6.33 Å². The Morgan fingerprint density at radius 1 is 1.44 bits per heavy atom. The highest BCUT2D eigenvalue weighted by molar-refractivity contribution is 4.84. The highest BCUT2D eigenvalue weighted by Crippen LogP contribution is 1.92. The second kappa shape index (κ2) is 7.35. The van der Waals surface area contributed by atoms with Gasteiger partial charge in [0, 0.05) is 33.2 Å². The quantitative estimate of drug-likeness (QED) is 0.660. The van der Waals surface area contributed by atoms with Crippen molar-refractivity contribution in [2.45, 2.75) is 20.3 Å². The molecule has 0 radical (unpaired) electrons. The first kappa shape index (κ1) is 13.1. The summed E-state index contributed by atoms with van der Waals surface area (Å²) >= 11 is 0. The number of ether oxygens (including phenoxy) is 1. The fraction of sp³-hybridized carbons (Fsp3) is 0.818. The maximum atomic E-state index is 5.46. The fourth-order valence-corrected chi connectivity index (χ4v) is 1.32. The van der Waals surface area contributed by atoms with Crippen LogP contribution in [0.2, 0.25) is 0 Å². The monoisotopic (exact) mass is 226 g/mol. The van der Waals surface area contributed by atoms with Crippen LogP contribution in [0, 0.1) is 5.92 Å². The largest absolute Gasteiger partial charge is 0.380 e. The first-order valence-corrected chi connectivity index (χ1v) is 5.81. The van der Waals surface area contributed by atoms with Crippen LogP contribution in [-0.4, -0.2) is 41.1 Å². The van der Waals surface area contributed by atoms with Crippen molar-refractivity contribution in [1.82, 2.24) is 20.1 Å². The molecule has 1 N–H and O–H groups in total. The van der Waals surface area contributed by atoms with Crippen LogP contribution in [0.4, 0.5) is 0 Å². The molecule has 0 bridgehead atoms. The van der Waals surface area contributed by atoms with Crippen LogP contribution < -0.4 is 5.32 Å². The van der Waals surface area contributed by atoms with Gasteiger partial charge in [0.25, 0.3) is 0 Å². The molecule has 0 atom stereocenters. The molecule has 0 spiro atoms. The van der Waals surface area contributed by atoms with E-state index in [1.165, 1.54) is 0 Å². The zero-order valence-electron chi connectivity index (χ0n) is 10.4. The van der Waals surface area contributed by atoms with E-state index in [0.717, 1.165) is 38.5 Å². The van der Waals surface area contributed by atoms with Gasteiger partial charge in [-0.1, -0.05) is 13.8 Å². The molecule has 1 aromatic heterocycles. The second-order valence-corrected chi connectivity index (χ2v) is 4.33. The van der Waals surface area contributed by atoms with Crippen molar-refractivity contribution in [3.05, 3.63) is 12.2 Å². The van der Waals surface area contributed by atoms with Gasteiger partial charge >= 0.3 is 0 Å². The minimum absolute atomic E-state index is 0.610. The number of nitrogens with one attached hydrogen (secondary N) is 1. The average molecular weight is 226 g/mol. The van der Waals surface area contributed by atoms with Crippen LogP contribution in [0.15, 0.2) is 6.33 Å². The summed E-state index contributed by atoms with van der Waals surface area (Å²) in [4.78, 5) is 0. The summed E-state index contributed by atoms with van der Waals surface area (Å²) in [6.45, 7) is 7.73. The summed E-state index contributed by atoms with van der Waals surface area (Å²) in [5.74, 6) is 1.62. The molecular weight excluding hydrogens is 204 g/mol. The van der Waals surface area contributed by atoms with E-state index >= 15 is 0 Å². The average Bonchev–Trinajstić information content (AvgIpc) is 2.62. The smallest absolute Gasteiger partial charge is 0.133 e. The zero-order valence-corrected chi connectivity index (χ0v) is 10.4. The minimum atomic E-state index is 0.610. The summed E-state index contributed by atoms with van der Waals surface area (Å²) in [7, 11) is 1.96. The maximum absolute atomic E-state index is 5.46. The number of aryl methyl sites for hydroxylation is 1. The summed E-state index contributed by atoms with van der Waals surface area (Å²) in [6.07, 6.45) is 2.63. The van der Waals surface area contributed by atoms with Gasteiger partial charge in [0.1, 0.15) is 12.2 Å². The highest BCUT2D eigenvalue weighted by atomic mass is 16.5. The van der Waals surface area contributed by atoms with Gasteiger partial charge in [-0.3, -0.25) is 0 Å². The molecule has 1 rings (SSSR count). The van der Waals surface area contributed by atoms with Gasteiger partial charge in [-0.05, 0) is 5.92 Å². The Labute approximate surface area is 97.2 Å². The summed E-state index contributed by atoms with van der Waals surface area (Å²) in [5.41, 5.74) is 0. The minimum Gasteiger partial charge on any atom is -0.380 e. The molecule has 0 saturated heterocycles. The lowest BCUT2D eigenvalue weighted by Gasteiger charge is -2.07. The topological polar surface area (TPSA) is 52.0 Å². The van der Waals surface area contributed by atoms with Crippen LogP contribution in [0.3, 0.4) is 0 Å². The van der Waals surface area contributed by atoms with Crippen LogP contribution in [0.25, 0.3) is 0 Å². The molecule has 0 saturated carbocycles. The molecule has 1 aromatic rings. The molecule has 16 heavy (non-hydrogen) atoms. The number of aromatic nitrogens is 3. The Morgan fingerprint density at radius 2 is 2.25 bits per heavy atom. The van der Waals surface area contributed by atoms with E-state index in [9.17, 15) is 0 Å². The summed E-state index contributed by atoms with van der Waals surface area (Å²) in [6, 6.07) is 0. The molecule has 0 unspecified atom stereocenters. The third-order valence-electron chi connectivity index (χ3n) is 2.20. The van der Waals surface area contributed by atoms with Crippen molar-refractivity contribution >= 4 is 0 Å². The number of hydrogen-bond acceptors (Lipinski definition) is 4. The molecule has 0 aromatic carbocycles. The Hall–Kier alpha value is -0.940. The van der Waals surface area contributed by atoms with Crippen LogP contribution in [0.5, 0.6) is 0 Å². The predicted molar refractivity (Wildman–Crippen MR) is 63.2 cm³/mol. The lowest BCUT2D eigenvalue weighted by Crippen LogP contribution is -2.23. The predicted octanol–water partition coefficient (Wildman–Crippen LogP) is 0.620. The Balaban J connectivity index is 1.94. The third kappa shape index (κ3) is 5.23. The van der Waals surface area contributed by atoms with Crippen LogP contribution >= 0.6 is 0 Å². The van der Waals surface area contributed by atoms with Crippen molar-refractivity contribution in [2.75, 3.05) is 26.3 Å². The standard InChI is InChI=1S/C11H22N4O/c1-10(2)8-16-7-6-12-5-4-11-14-13-9-15(11)3/h9-10,12H,4-8H2,1-3H3. The van der Waals surface area contributed by atoms with Gasteiger partial charge in [0.15, 0.2) is 0 Å².